The van der Waals surface area contributed by atoms with Crippen molar-refractivity contribution in [2.45, 2.75) is 111 Å². The molecule has 0 heterocycles. The van der Waals surface area contributed by atoms with Crippen molar-refractivity contribution in [1.29, 1.82) is 0 Å². The minimum absolute atomic E-state index is 0.0915. The van der Waals surface area contributed by atoms with Crippen molar-refractivity contribution >= 4 is 0 Å². The first-order valence-electron chi connectivity index (χ1n) is 13.5. The highest BCUT2D eigenvalue weighted by Gasteiger charge is 2.70. The fraction of sp³-hybridized carbons (Fsp3) is 0.800. The first-order chi connectivity index (χ1) is 15.4. The standard InChI is InChI=1S/C30H48O3/c1-10-30(32-9)24(28(8,31)27(5,6)7)18-22-19(3)13-12-16-29(22)25(30)17-21-23(33-11-2)15-14-20(4)26(21)29/h14-15,19,22,24-25,31H,10-13,16-18H2,1-9H3/t19-,22?,24+,25+,28?,29+,30+/m0/s1. The van der Waals surface area contributed by atoms with Crippen LogP contribution in [0.4, 0.5) is 0 Å². The molecule has 3 nitrogen and oxygen atoms in total. The topological polar surface area (TPSA) is 38.7 Å². The van der Waals surface area contributed by atoms with Crippen molar-refractivity contribution in [3.63, 3.8) is 0 Å². The van der Waals surface area contributed by atoms with Crippen molar-refractivity contribution in [2.24, 2.45) is 29.1 Å². The predicted octanol–water partition coefficient (Wildman–Crippen LogP) is 6.85. The molecule has 1 N–H and O–H groups in total. The molecule has 0 saturated heterocycles. The van der Waals surface area contributed by atoms with Gasteiger partial charge in [0.05, 0.1) is 17.8 Å². The summed E-state index contributed by atoms with van der Waals surface area (Å²) in [6.45, 7) is 18.5. The van der Waals surface area contributed by atoms with Gasteiger partial charge in [0.1, 0.15) is 5.75 Å². The van der Waals surface area contributed by atoms with Crippen molar-refractivity contribution in [3.05, 3.63) is 28.8 Å². The molecule has 1 spiro atoms. The number of hydrogen-bond acceptors (Lipinski definition) is 3. The van der Waals surface area contributed by atoms with Gasteiger partial charge in [-0.3, -0.25) is 0 Å². The minimum atomic E-state index is -0.824. The van der Waals surface area contributed by atoms with E-state index in [4.69, 9.17) is 9.47 Å². The zero-order chi connectivity index (χ0) is 24.4. The number of aliphatic hydroxyl groups is 1. The third-order valence-electron chi connectivity index (χ3n) is 10.7. The molecule has 1 aromatic rings. The lowest BCUT2D eigenvalue weighted by Gasteiger charge is -2.65. The molecule has 2 fully saturated rings. The average molecular weight is 457 g/mol. The molecule has 1 aromatic carbocycles. The molecule has 0 amide bonds. The first kappa shape index (κ1) is 25.0. The van der Waals surface area contributed by atoms with Crippen LogP contribution < -0.4 is 4.74 Å². The molecule has 0 bridgehead atoms. The van der Waals surface area contributed by atoms with Crippen molar-refractivity contribution in [2.75, 3.05) is 13.7 Å². The molecule has 3 aliphatic rings. The minimum Gasteiger partial charge on any atom is -0.494 e. The fourth-order valence-electron chi connectivity index (χ4n) is 8.70. The van der Waals surface area contributed by atoms with Crippen LogP contribution >= 0.6 is 0 Å². The molecule has 0 radical (unpaired) electrons. The van der Waals surface area contributed by atoms with Gasteiger partial charge in [0.2, 0.25) is 0 Å². The third kappa shape index (κ3) is 3.28. The van der Waals surface area contributed by atoms with Gasteiger partial charge in [-0.05, 0) is 86.5 Å². The van der Waals surface area contributed by atoms with Gasteiger partial charge in [-0.15, -0.1) is 0 Å². The van der Waals surface area contributed by atoms with Crippen LogP contribution in [-0.2, 0) is 16.6 Å². The normalized spacial score (nSPS) is 37.6. The Kier molecular flexibility index (Phi) is 6.27. The van der Waals surface area contributed by atoms with E-state index in [0.717, 1.165) is 25.0 Å². The number of benzene rings is 1. The molecule has 0 aliphatic heterocycles. The Morgan fingerprint density at radius 3 is 2.42 bits per heavy atom. The molecule has 186 valence electrons. The highest BCUT2D eigenvalue weighted by molar-refractivity contribution is 5.55. The molecule has 4 rings (SSSR count). The molecule has 3 heteroatoms. The van der Waals surface area contributed by atoms with Gasteiger partial charge in [-0.2, -0.15) is 0 Å². The van der Waals surface area contributed by atoms with Gasteiger partial charge in [0.25, 0.3) is 0 Å². The summed E-state index contributed by atoms with van der Waals surface area (Å²) in [7, 11) is 1.91. The van der Waals surface area contributed by atoms with E-state index in [1.54, 1.807) is 5.56 Å². The summed E-state index contributed by atoms with van der Waals surface area (Å²) in [6, 6.07) is 4.48. The van der Waals surface area contributed by atoms with E-state index in [1.807, 2.05) is 7.11 Å². The predicted molar refractivity (Wildman–Crippen MR) is 136 cm³/mol. The van der Waals surface area contributed by atoms with E-state index in [1.165, 1.54) is 30.4 Å². The van der Waals surface area contributed by atoms with Crippen LogP contribution in [0.1, 0.15) is 97.3 Å². The van der Waals surface area contributed by atoms with Crippen LogP contribution in [0.5, 0.6) is 5.75 Å². The van der Waals surface area contributed by atoms with Crippen molar-refractivity contribution in [3.8, 4) is 5.75 Å². The van der Waals surface area contributed by atoms with Gasteiger partial charge >= 0.3 is 0 Å². The number of rotatable bonds is 5. The third-order valence-corrected chi connectivity index (χ3v) is 10.7. The summed E-state index contributed by atoms with van der Waals surface area (Å²) in [6.07, 6.45) is 6.73. The van der Waals surface area contributed by atoms with Crippen LogP contribution in [0.15, 0.2) is 12.1 Å². The SMILES string of the molecule is CCOc1ccc(C)c2c1C[C@H]1[C@](CC)(OC)[C@@H](C(C)(O)C(C)(C)C)CC3[C@@H](C)CCC[C@@]231. The largest absolute Gasteiger partial charge is 0.494 e. The summed E-state index contributed by atoms with van der Waals surface area (Å²) in [5.74, 6) is 2.72. The summed E-state index contributed by atoms with van der Waals surface area (Å²) >= 11 is 0. The van der Waals surface area contributed by atoms with E-state index in [0.29, 0.717) is 24.4 Å². The maximum atomic E-state index is 12.2. The van der Waals surface area contributed by atoms with E-state index in [-0.39, 0.29) is 22.3 Å². The first-order valence-corrected chi connectivity index (χ1v) is 13.5. The van der Waals surface area contributed by atoms with Crippen LogP contribution in [-0.4, -0.2) is 30.0 Å². The molecular formula is C30H48O3. The molecule has 2 unspecified atom stereocenters. The summed E-state index contributed by atoms with van der Waals surface area (Å²) in [4.78, 5) is 0. The van der Waals surface area contributed by atoms with Gasteiger partial charge in [0.15, 0.2) is 0 Å². The molecular weight excluding hydrogens is 408 g/mol. The Hall–Kier alpha value is -1.06. The Morgan fingerprint density at radius 1 is 1.15 bits per heavy atom. The van der Waals surface area contributed by atoms with Gasteiger partial charge in [0, 0.05) is 24.4 Å². The number of ether oxygens (including phenoxy) is 2. The average Bonchev–Trinajstić information content (AvgIpc) is 3.10. The lowest BCUT2D eigenvalue weighted by Crippen LogP contribution is -2.69. The second kappa shape index (κ2) is 8.26. The fourth-order valence-corrected chi connectivity index (χ4v) is 8.70. The number of hydrogen-bond donors (Lipinski definition) is 1. The highest BCUT2D eigenvalue weighted by atomic mass is 16.5. The molecule has 2 saturated carbocycles. The van der Waals surface area contributed by atoms with Crippen LogP contribution in [0, 0.1) is 36.0 Å². The summed E-state index contributed by atoms with van der Waals surface area (Å²) in [5, 5.41) is 12.2. The Labute approximate surface area is 202 Å². The maximum Gasteiger partial charge on any atom is 0.122 e. The van der Waals surface area contributed by atoms with Crippen molar-refractivity contribution in [1.82, 2.24) is 0 Å². The lowest BCUT2D eigenvalue weighted by atomic mass is 9.42. The Balaban J connectivity index is 2.00. The van der Waals surface area contributed by atoms with Gasteiger partial charge in [-0.25, -0.2) is 0 Å². The summed E-state index contributed by atoms with van der Waals surface area (Å²) < 4.78 is 12.9. The van der Waals surface area contributed by atoms with Crippen LogP contribution in [0.3, 0.4) is 0 Å². The Bertz CT molecular complexity index is 875. The Morgan fingerprint density at radius 2 is 1.85 bits per heavy atom. The second-order valence-corrected chi connectivity index (χ2v) is 12.6. The second-order valence-electron chi connectivity index (χ2n) is 12.6. The lowest BCUT2D eigenvalue weighted by molar-refractivity contribution is -0.244. The maximum absolute atomic E-state index is 12.2. The van der Waals surface area contributed by atoms with E-state index < -0.39 is 5.60 Å². The van der Waals surface area contributed by atoms with Gasteiger partial charge < -0.3 is 14.6 Å². The zero-order valence-corrected chi connectivity index (χ0v) is 22.7. The van der Waals surface area contributed by atoms with Gasteiger partial charge in [-0.1, -0.05) is 53.5 Å². The van der Waals surface area contributed by atoms with E-state index in [2.05, 4.69) is 67.5 Å². The number of aryl methyl sites for hydroxylation is 1. The molecule has 0 aromatic heterocycles. The van der Waals surface area contributed by atoms with Crippen LogP contribution in [0.2, 0.25) is 0 Å². The van der Waals surface area contributed by atoms with Crippen LogP contribution in [0.25, 0.3) is 0 Å². The zero-order valence-electron chi connectivity index (χ0n) is 22.7. The molecule has 33 heavy (non-hydrogen) atoms. The summed E-state index contributed by atoms with van der Waals surface area (Å²) in [5.41, 5.74) is 3.10. The van der Waals surface area contributed by atoms with Crippen molar-refractivity contribution < 1.29 is 14.6 Å². The monoisotopic (exact) mass is 456 g/mol. The highest BCUT2D eigenvalue weighted by Crippen LogP contribution is 2.69. The molecule has 7 atom stereocenters. The van der Waals surface area contributed by atoms with E-state index >= 15 is 0 Å². The molecule has 3 aliphatic carbocycles. The number of fused-ring (bicyclic) bond motifs is 1. The quantitative estimate of drug-likeness (QED) is 0.526. The smallest absolute Gasteiger partial charge is 0.122 e. The van der Waals surface area contributed by atoms with E-state index in [9.17, 15) is 5.11 Å². The number of methoxy groups -OCH3 is 1.